The molecule has 0 bridgehead atoms. The maximum Gasteiger partial charge on any atom is 0.258 e. The molecule has 2 heterocycles. The van der Waals surface area contributed by atoms with E-state index in [1.165, 1.54) is 0 Å². The predicted molar refractivity (Wildman–Crippen MR) is 99.4 cm³/mol. The van der Waals surface area contributed by atoms with Crippen LogP contribution in [0, 0.1) is 0 Å². The van der Waals surface area contributed by atoms with Gasteiger partial charge in [0, 0.05) is 51.5 Å². The maximum absolute atomic E-state index is 12.3. The lowest BCUT2D eigenvalue weighted by Crippen LogP contribution is -2.46. The summed E-state index contributed by atoms with van der Waals surface area (Å²) < 4.78 is 0. The summed E-state index contributed by atoms with van der Waals surface area (Å²) in [6.07, 6.45) is 0. The first kappa shape index (κ1) is 17.2. The highest BCUT2D eigenvalue weighted by Gasteiger charge is 2.16. The number of aromatic nitrogens is 3. The lowest BCUT2D eigenvalue weighted by Gasteiger charge is -2.35. The summed E-state index contributed by atoms with van der Waals surface area (Å²) in [5.41, 5.74) is 1.75. The number of carbonyl (C=O) groups excluding carboxylic acids is 1. The van der Waals surface area contributed by atoms with Crippen LogP contribution in [-0.4, -0.2) is 72.8 Å². The number of H-pyrrole nitrogens is 1. The first-order chi connectivity index (χ1) is 12.1. The molecule has 3 rings (SSSR count). The number of likely N-dealkylation sites (N-methyl/N-ethyl adjacent to an activating group) is 1. The molecule has 0 radical (unpaired) electrons. The van der Waals surface area contributed by atoms with Crippen molar-refractivity contribution < 1.29 is 4.79 Å². The van der Waals surface area contributed by atoms with E-state index in [9.17, 15) is 4.79 Å². The van der Waals surface area contributed by atoms with Gasteiger partial charge in [-0.3, -0.25) is 10.1 Å². The van der Waals surface area contributed by atoms with Crippen LogP contribution >= 0.6 is 0 Å². The zero-order valence-corrected chi connectivity index (χ0v) is 15.0. The number of piperazine rings is 1. The summed E-state index contributed by atoms with van der Waals surface area (Å²) >= 11 is 0. The number of nitrogens with one attached hydrogen (secondary N) is 2. The van der Waals surface area contributed by atoms with Crippen LogP contribution in [-0.2, 0) is 0 Å². The number of amides is 1. The van der Waals surface area contributed by atoms with Gasteiger partial charge in [0.05, 0.1) is 0 Å². The minimum Gasteiger partial charge on any atom is -0.369 e. The van der Waals surface area contributed by atoms with Gasteiger partial charge in [0.15, 0.2) is 0 Å². The number of carbonyl (C=O) groups is 1. The van der Waals surface area contributed by atoms with Crippen molar-refractivity contribution in [3.05, 3.63) is 29.8 Å². The Hall–Kier alpha value is -2.61. The highest BCUT2D eigenvalue weighted by molar-refractivity contribution is 6.03. The number of nitrogens with zero attached hydrogens (tertiary/aromatic N) is 5. The molecular weight excluding hydrogens is 318 g/mol. The molecule has 134 valence electrons. The Balaban J connectivity index is 1.60. The van der Waals surface area contributed by atoms with Crippen molar-refractivity contribution in [2.75, 3.05) is 61.9 Å². The number of hydrogen-bond acceptors (Lipinski definition) is 6. The van der Waals surface area contributed by atoms with Gasteiger partial charge in [-0.1, -0.05) is 6.92 Å². The van der Waals surface area contributed by atoms with E-state index in [0.717, 1.165) is 38.4 Å². The molecular formula is C17H25N7O. The summed E-state index contributed by atoms with van der Waals surface area (Å²) in [4.78, 5) is 23.1. The fourth-order valence-electron chi connectivity index (χ4n) is 2.83. The van der Waals surface area contributed by atoms with Gasteiger partial charge in [-0.05, 0) is 30.8 Å². The minimum atomic E-state index is -0.205. The van der Waals surface area contributed by atoms with Crippen LogP contribution in [0.5, 0.6) is 0 Å². The van der Waals surface area contributed by atoms with Gasteiger partial charge in [-0.25, -0.2) is 5.10 Å². The number of rotatable bonds is 5. The van der Waals surface area contributed by atoms with E-state index in [4.69, 9.17) is 0 Å². The first-order valence-corrected chi connectivity index (χ1v) is 8.55. The molecule has 2 N–H and O–H groups in total. The number of benzene rings is 1. The number of hydrogen-bond donors (Lipinski definition) is 2. The Morgan fingerprint density at radius 2 is 1.88 bits per heavy atom. The molecule has 0 spiro atoms. The Bertz CT molecular complexity index is 702. The average Bonchev–Trinajstić information content (AvgIpc) is 3.11. The van der Waals surface area contributed by atoms with Crippen molar-refractivity contribution in [2.45, 2.75) is 6.92 Å². The monoisotopic (exact) mass is 343 g/mol. The van der Waals surface area contributed by atoms with Gasteiger partial charge in [0.1, 0.15) is 0 Å². The van der Waals surface area contributed by atoms with E-state index in [1.54, 1.807) is 4.90 Å². The van der Waals surface area contributed by atoms with Gasteiger partial charge in [-0.15, -0.1) is 5.10 Å². The second-order valence-electron chi connectivity index (χ2n) is 6.30. The molecule has 1 aromatic carbocycles. The van der Waals surface area contributed by atoms with E-state index >= 15 is 0 Å². The fourth-order valence-corrected chi connectivity index (χ4v) is 2.83. The summed E-state index contributed by atoms with van der Waals surface area (Å²) in [6.45, 7) is 7.50. The van der Waals surface area contributed by atoms with Crippen LogP contribution in [0.4, 0.5) is 17.6 Å². The molecule has 0 aliphatic carbocycles. The Labute approximate surface area is 147 Å². The zero-order chi connectivity index (χ0) is 17.8. The summed E-state index contributed by atoms with van der Waals surface area (Å²) in [6, 6.07) is 7.70. The van der Waals surface area contributed by atoms with Crippen molar-refractivity contribution in [3.63, 3.8) is 0 Å². The van der Waals surface area contributed by atoms with Crippen molar-refractivity contribution >= 4 is 23.5 Å². The first-order valence-electron chi connectivity index (χ1n) is 8.55. The molecule has 25 heavy (non-hydrogen) atoms. The van der Waals surface area contributed by atoms with Gasteiger partial charge in [-0.2, -0.15) is 4.98 Å². The maximum atomic E-state index is 12.3. The molecule has 1 amide bonds. The SMILES string of the molecule is CCN1CCN(c2ccc(C(=O)Nc3nc(N(C)C)n[nH]3)cc2)CC1. The molecule has 1 saturated heterocycles. The van der Waals surface area contributed by atoms with Crippen molar-refractivity contribution in [1.82, 2.24) is 20.1 Å². The quantitative estimate of drug-likeness (QED) is 0.851. The Morgan fingerprint density at radius 3 is 2.44 bits per heavy atom. The second-order valence-corrected chi connectivity index (χ2v) is 6.30. The van der Waals surface area contributed by atoms with E-state index in [1.807, 2.05) is 38.4 Å². The lowest BCUT2D eigenvalue weighted by atomic mass is 10.1. The van der Waals surface area contributed by atoms with Crippen molar-refractivity contribution in [3.8, 4) is 0 Å². The summed E-state index contributed by atoms with van der Waals surface area (Å²) in [5.74, 6) is 0.661. The van der Waals surface area contributed by atoms with Gasteiger partial charge < -0.3 is 14.7 Å². The molecule has 1 aromatic heterocycles. The molecule has 8 heteroatoms. The van der Waals surface area contributed by atoms with Crippen molar-refractivity contribution in [2.24, 2.45) is 0 Å². The zero-order valence-electron chi connectivity index (χ0n) is 15.0. The third kappa shape index (κ3) is 4.08. The Kier molecular flexibility index (Phi) is 5.18. The highest BCUT2D eigenvalue weighted by Crippen LogP contribution is 2.18. The van der Waals surface area contributed by atoms with E-state index in [0.29, 0.717) is 17.5 Å². The van der Waals surface area contributed by atoms with Crippen LogP contribution in [0.25, 0.3) is 0 Å². The summed E-state index contributed by atoms with van der Waals surface area (Å²) in [5, 5.41) is 9.46. The molecule has 0 unspecified atom stereocenters. The standard InChI is InChI=1S/C17H25N7O/c1-4-23-9-11-24(12-10-23)14-7-5-13(6-8-14)15(25)18-16-19-17(21-20-16)22(2)3/h5-8H,4,9-12H2,1-3H3,(H2,18,19,20,21,25). The lowest BCUT2D eigenvalue weighted by molar-refractivity contribution is 0.102. The molecule has 2 aromatic rings. The third-order valence-electron chi connectivity index (χ3n) is 4.42. The van der Waals surface area contributed by atoms with Crippen LogP contribution < -0.4 is 15.1 Å². The molecule has 1 fully saturated rings. The van der Waals surface area contributed by atoms with Crippen LogP contribution in [0.1, 0.15) is 17.3 Å². The Morgan fingerprint density at radius 1 is 1.20 bits per heavy atom. The topological polar surface area (TPSA) is 80.4 Å². The van der Waals surface area contributed by atoms with E-state index in [2.05, 4.69) is 37.2 Å². The largest absolute Gasteiger partial charge is 0.369 e. The predicted octanol–water partition coefficient (Wildman–Crippen LogP) is 1.26. The fraction of sp³-hybridized carbons (Fsp3) is 0.471. The number of anilines is 3. The normalized spacial score (nSPS) is 15.2. The molecule has 1 aliphatic rings. The van der Waals surface area contributed by atoms with E-state index in [-0.39, 0.29) is 5.91 Å². The van der Waals surface area contributed by atoms with Crippen molar-refractivity contribution in [1.29, 1.82) is 0 Å². The van der Waals surface area contributed by atoms with Crippen LogP contribution in [0.15, 0.2) is 24.3 Å². The molecule has 0 atom stereocenters. The smallest absolute Gasteiger partial charge is 0.258 e. The summed E-state index contributed by atoms with van der Waals surface area (Å²) in [7, 11) is 3.68. The highest BCUT2D eigenvalue weighted by atomic mass is 16.1. The minimum absolute atomic E-state index is 0.205. The van der Waals surface area contributed by atoms with E-state index < -0.39 is 0 Å². The van der Waals surface area contributed by atoms with Crippen LogP contribution in [0.2, 0.25) is 0 Å². The van der Waals surface area contributed by atoms with Gasteiger partial charge >= 0.3 is 0 Å². The second kappa shape index (κ2) is 7.52. The average molecular weight is 343 g/mol. The van der Waals surface area contributed by atoms with Gasteiger partial charge in [0.2, 0.25) is 11.9 Å². The van der Waals surface area contributed by atoms with Gasteiger partial charge in [0.25, 0.3) is 5.91 Å². The molecule has 8 nitrogen and oxygen atoms in total. The molecule has 0 saturated carbocycles. The van der Waals surface area contributed by atoms with Crippen LogP contribution in [0.3, 0.4) is 0 Å². The molecule has 1 aliphatic heterocycles. The number of aromatic amines is 1. The third-order valence-corrected chi connectivity index (χ3v) is 4.42.